The molecule has 86 valence electrons. The van der Waals surface area contributed by atoms with E-state index in [9.17, 15) is 4.79 Å². The third kappa shape index (κ3) is 2.66. The summed E-state index contributed by atoms with van der Waals surface area (Å²) in [5, 5.41) is 0.871. The normalized spacial score (nSPS) is 9.76. The number of pyridine rings is 1. The molecule has 2 aromatic rings. The lowest BCUT2D eigenvalue weighted by Gasteiger charge is -1.92. The van der Waals surface area contributed by atoms with Crippen LogP contribution in [0.5, 0.6) is 0 Å². The van der Waals surface area contributed by atoms with Crippen LogP contribution in [0, 0.1) is 11.8 Å². The average molecular weight is 293 g/mol. The van der Waals surface area contributed by atoms with Gasteiger partial charge in [-0.15, -0.1) is 0 Å². The molecule has 0 atom stereocenters. The number of H-pyrrole nitrogens is 1. The molecule has 2 heterocycles. The van der Waals surface area contributed by atoms with E-state index in [0.29, 0.717) is 6.61 Å². The Bertz CT molecular complexity index is 622. The predicted octanol–water partition coefficient (Wildman–Crippen LogP) is 2.24. The van der Waals surface area contributed by atoms with Crippen LogP contribution in [0.25, 0.3) is 11.0 Å². The van der Waals surface area contributed by atoms with Crippen LogP contribution in [0.1, 0.15) is 12.5 Å². The van der Waals surface area contributed by atoms with E-state index >= 15 is 0 Å². The van der Waals surface area contributed by atoms with Crippen LogP contribution in [0.15, 0.2) is 22.9 Å². The molecule has 17 heavy (non-hydrogen) atoms. The van der Waals surface area contributed by atoms with E-state index in [1.54, 1.807) is 19.3 Å². The number of nitrogens with zero attached hydrogens (tertiary/aromatic N) is 1. The molecule has 0 saturated heterocycles. The number of carbonyl (C=O) groups is 1. The van der Waals surface area contributed by atoms with Crippen LogP contribution in [0.2, 0.25) is 0 Å². The maximum Gasteiger partial charge on any atom is 0.384 e. The zero-order valence-electron chi connectivity index (χ0n) is 9.08. The molecule has 0 saturated carbocycles. The summed E-state index contributed by atoms with van der Waals surface area (Å²) < 4.78 is 5.59. The largest absolute Gasteiger partial charge is 0.456 e. The van der Waals surface area contributed by atoms with Gasteiger partial charge in [0, 0.05) is 28.2 Å². The van der Waals surface area contributed by atoms with Crippen molar-refractivity contribution >= 4 is 32.9 Å². The summed E-state index contributed by atoms with van der Waals surface area (Å²) in [5.41, 5.74) is 1.46. The van der Waals surface area contributed by atoms with Gasteiger partial charge in [0.05, 0.1) is 12.2 Å². The first-order chi connectivity index (χ1) is 8.20. The average Bonchev–Trinajstić information content (AvgIpc) is 2.69. The summed E-state index contributed by atoms with van der Waals surface area (Å²) in [6, 6.07) is 1.90. The van der Waals surface area contributed by atoms with E-state index in [1.165, 1.54) is 0 Å². The fourth-order valence-electron chi connectivity index (χ4n) is 1.37. The highest BCUT2D eigenvalue weighted by molar-refractivity contribution is 9.10. The molecule has 0 aliphatic carbocycles. The minimum absolute atomic E-state index is 0.328. The smallest absolute Gasteiger partial charge is 0.384 e. The van der Waals surface area contributed by atoms with Crippen LogP contribution in [-0.2, 0) is 9.53 Å². The molecular formula is C12H9BrN2O2. The Morgan fingerprint density at radius 2 is 2.47 bits per heavy atom. The lowest BCUT2D eigenvalue weighted by Crippen LogP contribution is -1.99. The van der Waals surface area contributed by atoms with Gasteiger partial charge in [-0.2, -0.15) is 0 Å². The third-order valence-electron chi connectivity index (χ3n) is 2.07. The van der Waals surface area contributed by atoms with Crippen molar-refractivity contribution in [2.24, 2.45) is 0 Å². The highest BCUT2D eigenvalue weighted by Crippen LogP contribution is 2.19. The Kier molecular flexibility index (Phi) is 3.45. The first-order valence-corrected chi connectivity index (χ1v) is 5.81. The monoisotopic (exact) mass is 292 g/mol. The molecule has 2 rings (SSSR count). The Balaban J connectivity index is 2.36. The number of esters is 1. The lowest BCUT2D eigenvalue weighted by atomic mass is 10.2. The standard InChI is InChI=1S/C12H9BrN2O2/c1-2-17-11(16)4-3-8-6-14-12-10(8)5-9(13)7-15-12/h5-7H,2H2,1H3,(H,14,15). The predicted molar refractivity (Wildman–Crippen MR) is 67.3 cm³/mol. The van der Waals surface area contributed by atoms with Crippen molar-refractivity contribution in [2.75, 3.05) is 6.61 Å². The molecule has 0 spiro atoms. The molecule has 2 aromatic heterocycles. The maximum absolute atomic E-state index is 11.1. The van der Waals surface area contributed by atoms with Gasteiger partial charge in [-0.05, 0) is 28.9 Å². The first kappa shape index (κ1) is 11.7. The quantitative estimate of drug-likeness (QED) is 0.648. The van der Waals surface area contributed by atoms with E-state index in [-0.39, 0.29) is 0 Å². The lowest BCUT2D eigenvalue weighted by molar-refractivity contribution is -0.136. The van der Waals surface area contributed by atoms with E-state index < -0.39 is 5.97 Å². The number of rotatable bonds is 1. The van der Waals surface area contributed by atoms with Gasteiger partial charge in [-0.1, -0.05) is 5.92 Å². The molecule has 0 unspecified atom stereocenters. The summed E-state index contributed by atoms with van der Waals surface area (Å²) in [6.45, 7) is 2.07. The number of ether oxygens (including phenoxy) is 1. The van der Waals surface area contributed by atoms with Gasteiger partial charge >= 0.3 is 5.97 Å². The fourth-order valence-corrected chi connectivity index (χ4v) is 1.70. The SMILES string of the molecule is CCOC(=O)C#Cc1c[nH]c2ncc(Br)cc12. The Labute approximate surface area is 107 Å². The third-order valence-corrected chi connectivity index (χ3v) is 2.51. The number of aromatic nitrogens is 2. The highest BCUT2D eigenvalue weighted by atomic mass is 79.9. The zero-order valence-corrected chi connectivity index (χ0v) is 10.7. The van der Waals surface area contributed by atoms with E-state index in [0.717, 1.165) is 21.1 Å². The van der Waals surface area contributed by atoms with Gasteiger partial charge in [-0.25, -0.2) is 9.78 Å². The minimum atomic E-state index is -0.523. The molecule has 1 N–H and O–H groups in total. The number of fused-ring (bicyclic) bond motifs is 1. The molecule has 0 amide bonds. The minimum Gasteiger partial charge on any atom is -0.456 e. The molecule has 0 aliphatic heterocycles. The van der Waals surface area contributed by atoms with Crippen LogP contribution in [-0.4, -0.2) is 22.5 Å². The molecular weight excluding hydrogens is 284 g/mol. The van der Waals surface area contributed by atoms with Crippen molar-refractivity contribution in [3.8, 4) is 11.8 Å². The summed E-state index contributed by atoms with van der Waals surface area (Å²) in [7, 11) is 0. The second-order valence-corrected chi connectivity index (χ2v) is 4.14. The molecule has 0 fully saturated rings. The van der Waals surface area contributed by atoms with Crippen molar-refractivity contribution in [2.45, 2.75) is 6.92 Å². The molecule has 5 heteroatoms. The van der Waals surface area contributed by atoms with Gasteiger partial charge in [-0.3, -0.25) is 0 Å². The van der Waals surface area contributed by atoms with Crippen LogP contribution < -0.4 is 0 Å². The van der Waals surface area contributed by atoms with Gasteiger partial charge in [0.15, 0.2) is 0 Å². The van der Waals surface area contributed by atoms with Gasteiger partial charge in [0.25, 0.3) is 0 Å². The summed E-state index contributed by atoms with van der Waals surface area (Å²) in [5.74, 6) is 4.66. The van der Waals surface area contributed by atoms with Gasteiger partial charge in [0.1, 0.15) is 5.65 Å². The molecule has 0 aliphatic rings. The Morgan fingerprint density at radius 3 is 3.24 bits per heavy atom. The molecule has 0 aromatic carbocycles. The van der Waals surface area contributed by atoms with Gasteiger partial charge in [0.2, 0.25) is 0 Å². The second kappa shape index (κ2) is 5.02. The van der Waals surface area contributed by atoms with Crippen molar-refractivity contribution < 1.29 is 9.53 Å². The summed E-state index contributed by atoms with van der Waals surface area (Å²) >= 11 is 3.34. The number of halogens is 1. The number of aromatic amines is 1. The van der Waals surface area contributed by atoms with E-state index in [4.69, 9.17) is 4.74 Å². The first-order valence-electron chi connectivity index (χ1n) is 5.02. The van der Waals surface area contributed by atoms with Gasteiger partial charge < -0.3 is 9.72 Å². The van der Waals surface area contributed by atoms with E-state index in [2.05, 4.69) is 37.7 Å². The number of hydrogen-bond donors (Lipinski definition) is 1. The summed E-state index contributed by atoms with van der Waals surface area (Å²) in [4.78, 5) is 18.3. The number of hydrogen-bond acceptors (Lipinski definition) is 3. The maximum atomic E-state index is 11.1. The van der Waals surface area contributed by atoms with E-state index in [1.807, 2.05) is 6.07 Å². The van der Waals surface area contributed by atoms with Crippen molar-refractivity contribution in [1.29, 1.82) is 0 Å². The number of nitrogens with one attached hydrogen (secondary N) is 1. The van der Waals surface area contributed by atoms with Crippen LogP contribution >= 0.6 is 15.9 Å². The summed E-state index contributed by atoms with van der Waals surface area (Å²) in [6.07, 6.45) is 3.41. The van der Waals surface area contributed by atoms with Crippen molar-refractivity contribution in [3.05, 3.63) is 28.5 Å². The molecule has 0 radical (unpaired) electrons. The highest BCUT2D eigenvalue weighted by Gasteiger charge is 2.03. The van der Waals surface area contributed by atoms with Crippen molar-refractivity contribution in [3.63, 3.8) is 0 Å². The number of carbonyl (C=O) groups excluding carboxylic acids is 1. The molecule has 4 nitrogen and oxygen atoms in total. The topological polar surface area (TPSA) is 55.0 Å². The fraction of sp³-hybridized carbons (Fsp3) is 0.167. The Hall–Kier alpha value is -1.80. The second-order valence-electron chi connectivity index (χ2n) is 3.22. The Morgan fingerprint density at radius 1 is 1.65 bits per heavy atom. The van der Waals surface area contributed by atoms with Crippen molar-refractivity contribution in [1.82, 2.24) is 9.97 Å². The van der Waals surface area contributed by atoms with Crippen LogP contribution in [0.4, 0.5) is 0 Å². The zero-order chi connectivity index (χ0) is 12.3. The van der Waals surface area contributed by atoms with Crippen LogP contribution in [0.3, 0.4) is 0 Å². The molecule has 0 bridgehead atoms.